The predicted octanol–water partition coefficient (Wildman–Crippen LogP) is 8.25. The molecule has 8 heteroatoms. The van der Waals surface area contributed by atoms with E-state index in [9.17, 15) is 18.0 Å². The van der Waals surface area contributed by atoms with E-state index in [0.717, 1.165) is 16.7 Å². The number of ether oxygens (including phenoxy) is 2. The molecule has 4 aromatic rings. The van der Waals surface area contributed by atoms with E-state index in [-0.39, 0.29) is 11.3 Å². The minimum Gasteiger partial charge on any atom is -0.431 e. The van der Waals surface area contributed by atoms with Gasteiger partial charge in [-0.3, -0.25) is 9.59 Å². The SMILES string of the molecule is CC(=O)OC1=Cc2c(n(S(=O)(=O)c3ccc(C)cc3)c3ccccc23)[C@H](CC(OC(C)=O)=C(C)C)[C@@H](c2ccccc2)C1(C)C. The molecule has 0 bridgehead atoms. The largest absolute Gasteiger partial charge is 0.431 e. The average Bonchev–Trinajstić information content (AvgIpc) is 3.26. The molecule has 1 aliphatic rings. The van der Waals surface area contributed by atoms with Gasteiger partial charge in [0, 0.05) is 54.2 Å². The molecule has 0 N–H and O–H groups in total. The number of nitrogens with zero attached hydrogens (tertiary/aromatic N) is 1. The number of carbonyl (C=O) groups excluding carboxylic acids is 2. The lowest BCUT2D eigenvalue weighted by Crippen LogP contribution is -2.32. The maximum Gasteiger partial charge on any atom is 0.307 e. The zero-order valence-corrected chi connectivity index (χ0v) is 27.6. The fraction of sp³-hybridized carbons (Fsp3) is 0.297. The second-order valence-corrected chi connectivity index (χ2v) is 14.2. The van der Waals surface area contributed by atoms with Crippen LogP contribution in [0.25, 0.3) is 17.0 Å². The van der Waals surface area contributed by atoms with E-state index < -0.39 is 39.2 Å². The van der Waals surface area contributed by atoms with Gasteiger partial charge in [-0.2, -0.15) is 0 Å². The summed E-state index contributed by atoms with van der Waals surface area (Å²) in [6.07, 6.45) is 2.04. The molecule has 45 heavy (non-hydrogen) atoms. The fourth-order valence-corrected chi connectivity index (χ4v) is 8.13. The van der Waals surface area contributed by atoms with Gasteiger partial charge in [0.2, 0.25) is 0 Å². The van der Waals surface area contributed by atoms with Crippen LogP contribution in [-0.2, 0) is 29.1 Å². The van der Waals surface area contributed by atoms with E-state index in [2.05, 4.69) is 0 Å². The number of fused-ring (bicyclic) bond motifs is 3. The van der Waals surface area contributed by atoms with Crippen LogP contribution in [0.4, 0.5) is 0 Å². The Morgan fingerprint density at radius 3 is 2.07 bits per heavy atom. The zero-order chi connectivity index (χ0) is 32.7. The van der Waals surface area contributed by atoms with E-state index in [1.54, 1.807) is 30.3 Å². The van der Waals surface area contributed by atoms with Crippen molar-refractivity contribution in [1.82, 2.24) is 3.97 Å². The highest BCUT2D eigenvalue weighted by atomic mass is 32.2. The zero-order valence-electron chi connectivity index (χ0n) is 26.7. The van der Waals surface area contributed by atoms with Crippen LogP contribution in [-0.4, -0.2) is 24.3 Å². The molecule has 0 saturated carbocycles. The molecule has 0 aliphatic heterocycles. The van der Waals surface area contributed by atoms with Crippen LogP contribution in [0, 0.1) is 12.3 Å². The van der Waals surface area contributed by atoms with Crippen molar-refractivity contribution in [3.05, 3.63) is 118 Å². The topological polar surface area (TPSA) is 91.7 Å². The van der Waals surface area contributed by atoms with E-state index in [0.29, 0.717) is 33.7 Å². The van der Waals surface area contributed by atoms with Gasteiger partial charge in [-0.25, -0.2) is 12.4 Å². The maximum absolute atomic E-state index is 14.8. The summed E-state index contributed by atoms with van der Waals surface area (Å²) in [5, 5.41) is 0.702. The Kier molecular flexibility index (Phi) is 8.64. The van der Waals surface area contributed by atoms with Crippen LogP contribution in [0.3, 0.4) is 0 Å². The number of benzene rings is 3. The van der Waals surface area contributed by atoms with Crippen molar-refractivity contribution in [2.45, 2.75) is 71.6 Å². The molecule has 0 radical (unpaired) electrons. The molecule has 0 fully saturated rings. The summed E-state index contributed by atoms with van der Waals surface area (Å²) in [6.45, 7) is 12.4. The van der Waals surface area contributed by atoms with Crippen molar-refractivity contribution in [2.75, 3.05) is 0 Å². The summed E-state index contributed by atoms with van der Waals surface area (Å²) in [7, 11) is -4.14. The number of aryl methyl sites for hydroxylation is 1. The highest BCUT2D eigenvalue weighted by Gasteiger charge is 2.47. The number of para-hydroxylation sites is 1. The molecule has 234 valence electrons. The maximum atomic E-state index is 14.8. The molecule has 2 atom stereocenters. The van der Waals surface area contributed by atoms with Crippen LogP contribution in [0.1, 0.15) is 82.2 Å². The van der Waals surface area contributed by atoms with Gasteiger partial charge in [-0.15, -0.1) is 0 Å². The van der Waals surface area contributed by atoms with E-state index in [4.69, 9.17) is 9.47 Å². The monoisotopic (exact) mass is 625 g/mol. The highest BCUT2D eigenvalue weighted by molar-refractivity contribution is 7.90. The van der Waals surface area contributed by atoms with Crippen molar-refractivity contribution < 1.29 is 27.5 Å². The first-order valence-electron chi connectivity index (χ1n) is 15.0. The molecule has 0 unspecified atom stereocenters. The summed E-state index contributed by atoms with van der Waals surface area (Å²) >= 11 is 0. The number of aromatic nitrogens is 1. The summed E-state index contributed by atoms with van der Waals surface area (Å²) in [6, 6.07) is 24.0. The van der Waals surface area contributed by atoms with Gasteiger partial charge in [0.1, 0.15) is 11.5 Å². The summed E-state index contributed by atoms with van der Waals surface area (Å²) in [5.41, 5.74) is 3.55. The Bertz CT molecular complexity index is 1940. The van der Waals surface area contributed by atoms with Gasteiger partial charge in [0.25, 0.3) is 10.0 Å². The first-order valence-corrected chi connectivity index (χ1v) is 16.4. The van der Waals surface area contributed by atoms with Crippen molar-refractivity contribution in [3.8, 4) is 0 Å². The Hall–Kier alpha value is -4.43. The first-order chi connectivity index (χ1) is 21.2. The third-order valence-electron chi connectivity index (χ3n) is 8.55. The minimum absolute atomic E-state index is 0.154. The molecule has 0 saturated heterocycles. The number of esters is 2. The molecule has 5 rings (SSSR count). The normalized spacial score (nSPS) is 17.5. The van der Waals surface area contributed by atoms with E-state index in [1.807, 2.05) is 89.2 Å². The summed E-state index contributed by atoms with van der Waals surface area (Å²) in [4.78, 5) is 25.0. The molecular formula is C37H39NO6S. The number of carbonyl (C=O) groups is 2. The molecule has 1 aliphatic carbocycles. The Labute approximate surface area is 265 Å². The van der Waals surface area contributed by atoms with E-state index in [1.165, 1.54) is 17.8 Å². The molecule has 1 aromatic heterocycles. The lowest BCUT2D eigenvalue weighted by molar-refractivity contribution is -0.139. The minimum atomic E-state index is -4.14. The van der Waals surface area contributed by atoms with Crippen molar-refractivity contribution in [1.29, 1.82) is 0 Å². The third kappa shape index (κ3) is 5.99. The molecule has 0 spiro atoms. The van der Waals surface area contributed by atoms with E-state index >= 15 is 0 Å². The molecular weight excluding hydrogens is 586 g/mol. The number of rotatable bonds is 7. The van der Waals surface area contributed by atoms with Crippen LogP contribution >= 0.6 is 0 Å². The number of hydrogen-bond acceptors (Lipinski definition) is 6. The summed E-state index contributed by atoms with van der Waals surface area (Å²) < 4.78 is 42.7. The quantitative estimate of drug-likeness (QED) is 0.152. The van der Waals surface area contributed by atoms with Crippen molar-refractivity contribution >= 4 is 38.9 Å². The lowest BCUT2D eigenvalue weighted by atomic mass is 9.66. The molecule has 3 aromatic carbocycles. The van der Waals surface area contributed by atoms with Gasteiger partial charge in [-0.1, -0.05) is 80.1 Å². The second kappa shape index (κ2) is 12.2. The standard InChI is InChI=1S/C37H39NO6S/c1-23(2)33(43-25(4)39)21-31-35(27-13-9-8-10-14-27)37(6,7)34(44-26(5)40)22-30-29-15-11-12-16-32(29)38(36(30)31)45(41,42)28-19-17-24(3)18-20-28/h8-20,22,31,35H,21H2,1-7H3/t31-,35-/m1/s1. The van der Waals surface area contributed by atoms with Crippen molar-refractivity contribution in [3.63, 3.8) is 0 Å². The fourth-order valence-electron chi connectivity index (χ4n) is 6.52. The molecule has 1 heterocycles. The van der Waals surface area contributed by atoms with Crippen LogP contribution in [0.5, 0.6) is 0 Å². The van der Waals surface area contributed by atoms with Gasteiger partial charge >= 0.3 is 11.9 Å². The van der Waals surface area contributed by atoms with Gasteiger partial charge in [0.05, 0.1) is 10.4 Å². The Morgan fingerprint density at radius 1 is 0.844 bits per heavy atom. The van der Waals surface area contributed by atoms with Crippen LogP contribution < -0.4 is 0 Å². The van der Waals surface area contributed by atoms with Crippen molar-refractivity contribution in [2.24, 2.45) is 5.41 Å². The van der Waals surface area contributed by atoms with Gasteiger partial charge < -0.3 is 9.47 Å². The second-order valence-electron chi connectivity index (χ2n) is 12.4. The third-order valence-corrected chi connectivity index (χ3v) is 10.3. The van der Waals surface area contributed by atoms with Gasteiger partial charge in [0.15, 0.2) is 0 Å². The molecule has 0 amide bonds. The van der Waals surface area contributed by atoms with Gasteiger partial charge in [-0.05, 0) is 56.2 Å². The number of hydrogen-bond donors (Lipinski definition) is 0. The van der Waals surface area contributed by atoms with Crippen LogP contribution in [0.15, 0.2) is 101 Å². The smallest absolute Gasteiger partial charge is 0.307 e. The predicted molar refractivity (Wildman–Crippen MR) is 176 cm³/mol. The average molecular weight is 626 g/mol. The highest BCUT2D eigenvalue weighted by Crippen LogP contribution is 2.57. The summed E-state index contributed by atoms with van der Waals surface area (Å²) in [5.74, 6) is -0.986. The number of allylic oxidation sites excluding steroid dienone is 3. The Morgan fingerprint density at radius 2 is 1.47 bits per heavy atom. The Balaban J connectivity index is 1.96. The first kappa shape index (κ1) is 32.0. The molecule has 7 nitrogen and oxygen atoms in total. The van der Waals surface area contributed by atoms with Crippen LogP contribution in [0.2, 0.25) is 0 Å². The lowest BCUT2D eigenvalue weighted by Gasteiger charge is -2.40.